The van der Waals surface area contributed by atoms with E-state index in [1.54, 1.807) is 12.1 Å². The van der Waals surface area contributed by atoms with Gasteiger partial charge in [-0.05, 0) is 66.8 Å². The fraction of sp³-hybridized carbons (Fsp3) is 0.367. The highest BCUT2D eigenvalue weighted by atomic mass is 19.1. The van der Waals surface area contributed by atoms with Crippen LogP contribution in [0.3, 0.4) is 0 Å². The van der Waals surface area contributed by atoms with E-state index >= 15 is 0 Å². The number of ether oxygens (including phenoxy) is 2. The molecule has 0 aliphatic carbocycles. The lowest BCUT2D eigenvalue weighted by Crippen LogP contribution is -2.06. The van der Waals surface area contributed by atoms with Gasteiger partial charge >= 0.3 is 0 Å². The molecule has 0 saturated heterocycles. The Morgan fingerprint density at radius 3 is 2.23 bits per heavy atom. The van der Waals surface area contributed by atoms with E-state index in [0.29, 0.717) is 6.61 Å². The summed E-state index contributed by atoms with van der Waals surface area (Å²) in [6.45, 7) is 6.54. The number of hydrogen-bond acceptors (Lipinski definition) is 3. The lowest BCUT2D eigenvalue weighted by Gasteiger charge is -2.10. The third kappa shape index (κ3) is 6.84. The van der Waals surface area contributed by atoms with Crippen molar-refractivity contribution in [3.8, 4) is 11.5 Å². The summed E-state index contributed by atoms with van der Waals surface area (Å²) in [6.07, 6.45) is 6.25. The largest absolute Gasteiger partial charge is 0.494 e. The van der Waals surface area contributed by atoms with E-state index in [9.17, 15) is 4.39 Å². The highest BCUT2D eigenvalue weighted by Gasteiger charge is 2.12. The molecule has 0 radical (unpaired) electrons. The van der Waals surface area contributed by atoms with Gasteiger partial charge in [0, 0.05) is 19.0 Å². The molecule has 1 aromatic heterocycles. The zero-order chi connectivity index (χ0) is 24.5. The Morgan fingerprint density at radius 2 is 1.49 bits per heavy atom. The topological polar surface area (TPSA) is 36.3 Å². The first kappa shape index (κ1) is 24.8. The van der Waals surface area contributed by atoms with Crippen LogP contribution in [0.4, 0.5) is 4.39 Å². The Bertz CT molecular complexity index is 1200. The normalized spacial score (nSPS) is 11.2. The minimum Gasteiger partial charge on any atom is -0.494 e. The molecule has 0 atom stereocenters. The van der Waals surface area contributed by atoms with Crippen LogP contribution in [0.1, 0.15) is 56.5 Å². The molecule has 0 spiro atoms. The number of nitrogens with zero attached hydrogens (tertiary/aromatic N) is 2. The molecule has 0 amide bonds. The molecule has 0 aliphatic heterocycles. The average molecular weight is 475 g/mol. The van der Waals surface area contributed by atoms with Gasteiger partial charge in [-0.3, -0.25) is 0 Å². The van der Waals surface area contributed by atoms with Crippen molar-refractivity contribution in [2.45, 2.75) is 65.5 Å². The zero-order valence-corrected chi connectivity index (χ0v) is 20.8. The van der Waals surface area contributed by atoms with Crippen molar-refractivity contribution >= 4 is 11.0 Å². The Morgan fingerprint density at radius 1 is 0.771 bits per heavy atom. The second-order valence-corrected chi connectivity index (χ2v) is 8.94. The molecule has 0 saturated carbocycles. The number of fused-ring (bicyclic) bond motifs is 1. The number of benzene rings is 3. The number of aromatic nitrogens is 2. The minimum absolute atomic E-state index is 0.234. The molecule has 0 N–H and O–H groups in total. The predicted octanol–water partition coefficient (Wildman–Crippen LogP) is 7.52. The van der Waals surface area contributed by atoms with Crippen molar-refractivity contribution in [3.05, 3.63) is 89.5 Å². The summed E-state index contributed by atoms with van der Waals surface area (Å²) in [5, 5.41) is 0. The fourth-order valence-electron chi connectivity index (χ4n) is 4.09. The van der Waals surface area contributed by atoms with E-state index in [-0.39, 0.29) is 5.82 Å². The van der Waals surface area contributed by atoms with Crippen LogP contribution in [0.2, 0.25) is 0 Å². The summed E-state index contributed by atoms with van der Waals surface area (Å²) in [4.78, 5) is 4.96. The third-order valence-corrected chi connectivity index (χ3v) is 6.18. The molecule has 184 valence electrons. The Labute approximate surface area is 207 Å². The van der Waals surface area contributed by atoms with Gasteiger partial charge in [-0.25, -0.2) is 9.37 Å². The number of hydrogen-bond donors (Lipinski definition) is 0. The maximum absolute atomic E-state index is 13.1. The van der Waals surface area contributed by atoms with Crippen molar-refractivity contribution in [2.75, 3.05) is 6.61 Å². The molecule has 0 unspecified atom stereocenters. The second kappa shape index (κ2) is 12.4. The maximum Gasteiger partial charge on any atom is 0.123 e. The molecule has 1 heterocycles. The first-order valence-electron chi connectivity index (χ1n) is 12.7. The van der Waals surface area contributed by atoms with E-state index < -0.39 is 0 Å². The number of aryl methyl sites for hydroxylation is 3. The molecule has 35 heavy (non-hydrogen) atoms. The monoisotopic (exact) mass is 474 g/mol. The van der Waals surface area contributed by atoms with Crippen LogP contribution >= 0.6 is 0 Å². The van der Waals surface area contributed by atoms with Gasteiger partial charge in [0.15, 0.2) is 0 Å². The van der Waals surface area contributed by atoms with Crippen molar-refractivity contribution < 1.29 is 13.9 Å². The summed E-state index contributed by atoms with van der Waals surface area (Å²) in [5.74, 6) is 2.62. The molecule has 3 aromatic carbocycles. The van der Waals surface area contributed by atoms with Crippen LogP contribution in [0, 0.1) is 5.82 Å². The van der Waals surface area contributed by atoms with Gasteiger partial charge in [-0.2, -0.15) is 0 Å². The quantitative estimate of drug-likeness (QED) is 0.188. The Hall–Kier alpha value is -3.34. The standard InChI is InChI=1S/C30H35FN2O2/c1-3-5-19-33-29-21-27(34-20-6-4-2)16-17-28(29)32-30(33)18-11-23-9-14-26(15-10-23)35-22-24-7-12-25(31)13-8-24/h7-10,12-17,21H,3-6,11,18-20,22H2,1-2H3. The van der Waals surface area contributed by atoms with Gasteiger partial charge in [-0.1, -0.05) is 51.0 Å². The summed E-state index contributed by atoms with van der Waals surface area (Å²) in [5.41, 5.74) is 4.38. The van der Waals surface area contributed by atoms with E-state index in [0.717, 1.165) is 85.6 Å². The first-order chi connectivity index (χ1) is 17.2. The highest BCUT2D eigenvalue weighted by molar-refractivity contribution is 5.78. The molecular weight excluding hydrogens is 439 g/mol. The SMILES string of the molecule is CCCCOc1ccc2nc(CCc3ccc(OCc4ccc(F)cc4)cc3)n(CCCC)c2c1. The lowest BCUT2D eigenvalue weighted by molar-refractivity contribution is 0.306. The molecule has 4 rings (SSSR count). The predicted molar refractivity (Wildman–Crippen MR) is 140 cm³/mol. The van der Waals surface area contributed by atoms with Gasteiger partial charge in [0.2, 0.25) is 0 Å². The lowest BCUT2D eigenvalue weighted by atomic mass is 10.1. The molecular formula is C30H35FN2O2. The molecule has 5 heteroatoms. The van der Waals surface area contributed by atoms with Gasteiger partial charge < -0.3 is 14.0 Å². The highest BCUT2D eigenvalue weighted by Crippen LogP contribution is 2.24. The summed E-state index contributed by atoms with van der Waals surface area (Å²) in [6, 6.07) is 20.9. The van der Waals surface area contributed by atoms with Gasteiger partial charge in [0.1, 0.15) is 29.7 Å². The van der Waals surface area contributed by atoms with E-state index in [1.807, 2.05) is 18.2 Å². The number of unbranched alkanes of at least 4 members (excludes halogenated alkanes) is 2. The fourth-order valence-corrected chi connectivity index (χ4v) is 4.09. The average Bonchev–Trinajstić information content (AvgIpc) is 3.23. The van der Waals surface area contributed by atoms with Gasteiger partial charge in [0.05, 0.1) is 17.6 Å². The Kier molecular flexibility index (Phi) is 8.77. The first-order valence-corrected chi connectivity index (χ1v) is 12.7. The molecule has 0 fully saturated rings. The number of imidazole rings is 1. The van der Waals surface area contributed by atoms with Crippen molar-refractivity contribution in [1.29, 1.82) is 0 Å². The van der Waals surface area contributed by atoms with Gasteiger partial charge in [0.25, 0.3) is 0 Å². The summed E-state index contributed by atoms with van der Waals surface area (Å²) >= 11 is 0. The van der Waals surface area contributed by atoms with Crippen LogP contribution in [-0.4, -0.2) is 16.2 Å². The van der Waals surface area contributed by atoms with Crippen molar-refractivity contribution in [3.63, 3.8) is 0 Å². The van der Waals surface area contributed by atoms with Crippen molar-refractivity contribution in [1.82, 2.24) is 9.55 Å². The number of halogens is 1. The van der Waals surface area contributed by atoms with Crippen LogP contribution in [0.15, 0.2) is 66.7 Å². The van der Waals surface area contributed by atoms with Crippen LogP contribution in [0.25, 0.3) is 11.0 Å². The second-order valence-electron chi connectivity index (χ2n) is 8.94. The van der Waals surface area contributed by atoms with Crippen LogP contribution in [0.5, 0.6) is 11.5 Å². The van der Waals surface area contributed by atoms with Crippen LogP contribution in [-0.2, 0) is 26.0 Å². The van der Waals surface area contributed by atoms with Gasteiger partial charge in [-0.15, -0.1) is 0 Å². The van der Waals surface area contributed by atoms with E-state index in [4.69, 9.17) is 14.5 Å². The smallest absolute Gasteiger partial charge is 0.123 e. The number of rotatable bonds is 13. The Balaban J connectivity index is 1.41. The minimum atomic E-state index is -0.234. The maximum atomic E-state index is 13.1. The summed E-state index contributed by atoms with van der Waals surface area (Å²) < 4.78 is 27.2. The van der Waals surface area contributed by atoms with Crippen LogP contribution < -0.4 is 9.47 Å². The molecule has 0 aliphatic rings. The molecule has 4 nitrogen and oxygen atoms in total. The molecule has 4 aromatic rings. The van der Waals surface area contributed by atoms with E-state index in [1.165, 1.54) is 17.7 Å². The zero-order valence-electron chi connectivity index (χ0n) is 20.8. The molecule has 0 bridgehead atoms. The van der Waals surface area contributed by atoms with E-state index in [2.05, 4.69) is 42.7 Å². The third-order valence-electron chi connectivity index (χ3n) is 6.18. The summed E-state index contributed by atoms with van der Waals surface area (Å²) in [7, 11) is 0. The van der Waals surface area contributed by atoms with Crippen molar-refractivity contribution in [2.24, 2.45) is 0 Å².